The molecule has 1 amide bonds. The Bertz CT molecular complexity index is 823. The maximum atomic E-state index is 12.8. The van der Waals surface area contributed by atoms with E-state index in [0.29, 0.717) is 25.3 Å². The Morgan fingerprint density at radius 3 is 2.58 bits per heavy atom. The minimum atomic E-state index is -0.153. The maximum absolute atomic E-state index is 12.8. The summed E-state index contributed by atoms with van der Waals surface area (Å²) in [5.74, 6) is -0.0980. The van der Waals surface area contributed by atoms with Crippen LogP contribution in [0.5, 0.6) is 0 Å². The third kappa shape index (κ3) is 4.12. The predicted molar refractivity (Wildman–Crippen MR) is 103 cm³/mol. The minimum Gasteiger partial charge on any atom is -0.368 e. The number of nitrogens with zero attached hydrogens (tertiary/aromatic N) is 4. The van der Waals surface area contributed by atoms with Crippen LogP contribution in [0.4, 0.5) is 5.69 Å². The standard InChI is InChI=1S/C20H26N4O2/c1-3-4-10-24-19(25)9-8-18(21-24)20(26)23-13-11-22(12-14-23)17-7-5-6-16(2)15-17/h5-9,15H,3-4,10-14H2,1-2H3. The number of amides is 1. The molecule has 2 heterocycles. The molecule has 0 spiro atoms. The highest BCUT2D eigenvalue weighted by Gasteiger charge is 2.23. The minimum absolute atomic E-state index is 0.0980. The van der Waals surface area contributed by atoms with Gasteiger partial charge in [0.15, 0.2) is 0 Å². The van der Waals surface area contributed by atoms with Crippen LogP contribution < -0.4 is 10.5 Å². The van der Waals surface area contributed by atoms with Crippen LogP contribution in [0.3, 0.4) is 0 Å². The summed E-state index contributed by atoms with van der Waals surface area (Å²) < 4.78 is 1.40. The Balaban J connectivity index is 1.66. The van der Waals surface area contributed by atoms with Crippen LogP contribution in [0.15, 0.2) is 41.2 Å². The van der Waals surface area contributed by atoms with Gasteiger partial charge in [0.1, 0.15) is 5.69 Å². The molecule has 138 valence electrons. The summed E-state index contributed by atoms with van der Waals surface area (Å²) in [4.78, 5) is 28.8. The number of carbonyl (C=O) groups is 1. The molecule has 1 fully saturated rings. The molecule has 3 rings (SSSR count). The Kier molecular flexibility index (Phi) is 5.71. The third-order valence-corrected chi connectivity index (χ3v) is 4.74. The number of carbonyl (C=O) groups excluding carboxylic acids is 1. The van der Waals surface area contributed by atoms with E-state index >= 15 is 0 Å². The second-order valence-electron chi connectivity index (χ2n) is 6.75. The Labute approximate surface area is 154 Å². The highest BCUT2D eigenvalue weighted by molar-refractivity contribution is 5.92. The zero-order valence-electron chi connectivity index (χ0n) is 15.5. The number of unbranched alkanes of at least 4 members (excludes halogenated alkanes) is 1. The SMILES string of the molecule is CCCCn1nc(C(=O)N2CCN(c3cccc(C)c3)CC2)ccc1=O. The van der Waals surface area contributed by atoms with E-state index in [-0.39, 0.29) is 11.5 Å². The van der Waals surface area contributed by atoms with E-state index < -0.39 is 0 Å². The van der Waals surface area contributed by atoms with Gasteiger partial charge in [-0.25, -0.2) is 4.68 Å². The third-order valence-electron chi connectivity index (χ3n) is 4.74. The van der Waals surface area contributed by atoms with Crippen LogP contribution in [0.2, 0.25) is 0 Å². The largest absolute Gasteiger partial charge is 0.368 e. The predicted octanol–water partition coefficient (Wildman–Crippen LogP) is 2.31. The quantitative estimate of drug-likeness (QED) is 0.827. The van der Waals surface area contributed by atoms with Crippen molar-refractivity contribution in [2.45, 2.75) is 33.2 Å². The molecular weight excluding hydrogens is 328 g/mol. The number of rotatable bonds is 5. The smallest absolute Gasteiger partial charge is 0.274 e. The Morgan fingerprint density at radius 2 is 1.88 bits per heavy atom. The fraction of sp³-hybridized carbons (Fsp3) is 0.450. The van der Waals surface area contributed by atoms with Crippen molar-refractivity contribution < 1.29 is 4.79 Å². The summed E-state index contributed by atoms with van der Waals surface area (Å²) in [6.07, 6.45) is 1.85. The van der Waals surface area contributed by atoms with Gasteiger partial charge in [-0.3, -0.25) is 9.59 Å². The van der Waals surface area contributed by atoms with E-state index in [1.54, 1.807) is 6.07 Å². The highest BCUT2D eigenvalue weighted by atomic mass is 16.2. The van der Waals surface area contributed by atoms with Crippen molar-refractivity contribution in [2.24, 2.45) is 0 Å². The van der Waals surface area contributed by atoms with Crippen LogP contribution in [0, 0.1) is 6.92 Å². The molecule has 0 N–H and O–H groups in total. The van der Waals surface area contributed by atoms with Crippen molar-refractivity contribution in [3.8, 4) is 0 Å². The van der Waals surface area contributed by atoms with E-state index in [1.807, 2.05) is 4.90 Å². The molecule has 6 heteroatoms. The molecule has 1 aliphatic rings. The molecule has 0 aliphatic carbocycles. The van der Waals surface area contributed by atoms with Crippen LogP contribution in [-0.2, 0) is 6.54 Å². The first kappa shape index (κ1) is 18.2. The van der Waals surface area contributed by atoms with E-state index in [2.05, 4.69) is 48.1 Å². The lowest BCUT2D eigenvalue weighted by atomic mass is 10.2. The molecule has 1 aromatic carbocycles. The molecule has 6 nitrogen and oxygen atoms in total. The molecule has 2 aromatic rings. The van der Waals surface area contributed by atoms with Crippen LogP contribution in [0.25, 0.3) is 0 Å². The molecule has 0 unspecified atom stereocenters. The monoisotopic (exact) mass is 354 g/mol. The molecule has 0 atom stereocenters. The second kappa shape index (κ2) is 8.17. The van der Waals surface area contributed by atoms with Gasteiger partial charge >= 0.3 is 0 Å². The van der Waals surface area contributed by atoms with Crippen molar-refractivity contribution in [2.75, 3.05) is 31.1 Å². The summed E-state index contributed by atoms with van der Waals surface area (Å²) in [7, 11) is 0. The normalized spacial score (nSPS) is 14.5. The molecule has 1 saturated heterocycles. The summed E-state index contributed by atoms with van der Waals surface area (Å²) in [5.41, 5.74) is 2.63. The van der Waals surface area contributed by atoms with Crippen molar-refractivity contribution >= 4 is 11.6 Å². The zero-order valence-corrected chi connectivity index (χ0v) is 15.5. The van der Waals surface area contributed by atoms with Crippen LogP contribution in [-0.4, -0.2) is 46.8 Å². The van der Waals surface area contributed by atoms with Gasteiger partial charge in [0.2, 0.25) is 0 Å². The molecule has 1 aromatic heterocycles. The van der Waals surface area contributed by atoms with Crippen molar-refractivity contribution in [3.05, 3.63) is 58.0 Å². The number of anilines is 1. The lowest BCUT2D eigenvalue weighted by molar-refractivity contribution is 0.0738. The summed E-state index contributed by atoms with van der Waals surface area (Å²) in [6, 6.07) is 11.4. The topological polar surface area (TPSA) is 58.4 Å². The Hall–Kier alpha value is -2.63. The van der Waals surface area contributed by atoms with E-state index in [0.717, 1.165) is 25.9 Å². The van der Waals surface area contributed by atoms with E-state index in [1.165, 1.54) is 22.0 Å². The first-order valence-electron chi connectivity index (χ1n) is 9.27. The van der Waals surface area contributed by atoms with Gasteiger partial charge in [0.05, 0.1) is 0 Å². The highest BCUT2D eigenvalue weighted by Crippen LogP contribution is 2.18. The molecule has 26 heavy (non-hydrogen) atoms. The first-order chi connectivity index (χ1) is 12.6. The molecular formula is C20H26N4O2. The van der Waals surface area contributed by atoms with Gasteiger partial charge in [0, 0.05) is 44.5 Å². The number of aromatic nitrogens is 2. The second-order valence-corrected chi connectivity index (χ2v) is 6.75. The number of hydrogen-bond donors (Lipinski definition) is 0. The van der Waals surface area contributed by atoms with Gasteiger partial charge in [-0.1, -0.05) is 25.5 Å². The van der Waals surface area contributed by atoms with Crippen molar-refractivity contribution in [1.29, 1.82) is 0 Å². The first-order valence-corrected chi connectivity index (χ1v) is 9.27. The molecule has 0 bridgehead atoms. The summed E-state index contributed by atoms with van der Waals surface area (Å²) in [6.45, 7) is 7.61. The van der Waals surface area contributed by atoms with Gasteiger partial charge < -0.3 is 9.80 Å². The zero-order chi connectivity index (χ0) is 18.5. The fourth-order valence-corrected chi connectivity index (χ4v) is 3.19. The average molecular weight is 354 g/mol. The molecule has 1 aliphatic heterocycles. The van der Waals surface area contributed by atoms with Crippen molar-refractivity contribution in [1.82, 2.24) is 14.7 Å². The van der Waals surface area contributed by atoms with E-state index in [9.17, 15) is 9.59 Å². The van der Waals surface area contributed by atoms with Gasteiger partial charge in [-0.15, -0.1) is 0 Å². The van der Waals surface area contributed by atoms with Crippen molar-refractivity contribution in [3.63, 3.8) is 0 Å². The number of piperazine rings is 1. The van der Waals surface area contributed by atoms with Crippen LogP contribution >= 0.6 is 0 Å². The van der Waals surface area contributed by atoms with Gasteiger partial charge in [-0.2, -0.15) is 5.10 Å². The molecule has 0 radical (unpaired) electrons. The number of benzene rings is 1. The van der Waals surface area contributed by atoms with E-state index in [4.69, 9.17) is 0 Å². The maximum Gasteiger partial charge on any atom is 0.274 e. The number of aryl methyl sites for hydroxylation is 2. The average Bonchev–Trinajstić information content (AvgIpc) is 2.67. The summed E-state index contributed by atoms with van der Waals surface area (Å²) >= 11 is 0. The lowest BCUT2D eigenvalue weighted by Gasteiger charge is -2.36. The summed E-state index contributed by atoms with van der Waals surface area (Å²) in [5, 5.41) is 4.27. The fourth-order valence-electron chi connectivity index (χ4n) is 3.19. The molecule has 0 saturated carbocycles. The lowest BCUT2D eigenvalue weighted by Crippen LogP contribution is -2.49. The number of hydrogen-bond acceptors (Lipinski definition) is 4. The Morgan fingerprint density at radius 1 is 1.12 bits per heavy atom. The van der Waals surface area contributed by atoms with Crippen LogP contribution in [0.1, 0.15) is 35.8 Å². The van der Waals surface area contributed by atoms with Gasteiger partial charge in [0.25, 0.3) is 11.5 Å². The van der Waals surface area contributed by atoms with Gasteiger partial charge in [-0.05, 0) is 37.1 Å².